The molecular weight excluding hydrogens is 352 g/mol. The quantitative estimate of drug-likeness (QED) is 0.620. The molecule has 1 aliphatic rings. The monoisotopic (exact) mass is 374 g/mol. The lowest BCUT2D eigenvalue weighted by molar-refractivity contribution is -0.384. The van der Waals surface area contributed by atoms with Crippen LogP contribution in [0.3, 0.4) is 0 Å². The van der Waals surface area contributed by atoms with E-state index in [0.29, 0.717) is 22.2 Å². The van der Waals surface area contributed by atoms with Crippen molar-refractivity contribution in [1.29, 1.82) is 0 Å². The number of thiazole rings is 1. The van der Waals surface area contributed by atoms with Crippen LogP contribution >= 0.6 is 11.3 Å². The van der Waals surface area contributed by atoms with E-state index >= 15 is 0 Å². The summed E-state index contributed by atoms with van der Waals surface area (Å²) in [4.78, 5) is 29.4. The summed E-state index contributed by atoms with van der Waals surface area (Å²) in [6, 6.07) is 6.33. The highest BCUT2D eigenvalue weighted by atomic mass is 32.1. The van der Waals surface area contributed by atoms with Gasteiger partial charge in [0.15, 0.2) is 0 Å². The van der Waals surface area contributed by atoms with Gasteiger partial charge in [0.1, 0.15) is 10.7 Å². The average Bonchev–Trinajstić information content (AvgIpc) is 3.16. The normalized spacial score (nSPS) is 15.2. The summed E-state index contributed by atoms with van der Waals surface area (Å²) in [5, 5.41) is 16.6. The van der Waals surface area contributed by atoms with Crippen molar-refractivity contribution in [1.82, 2.24) is 15.2 Å². The largest absolute Gasteiger partial charge is 0.337 e. The van der Waals surface area contributed by atoms with Crippen LogP contribution in [0.4, 0.5) is 5.69 Å². The topological polar surface area (TPSA) is 88.4 Å². The van der Waals surface area contributed by atoms with E-state index < -0.39 is 4.92 Å². The number of piperidine rings is 1. The number of nitrogens with zero attached hydrogens (tertiary/aromatic N) is 3. The summed E-state index contributed by atoms with van der Waals surface area (Å²) < 4.78 is 0. The number of aromatic nitrogens is 1. The first-order chi connectivity index (χ1) is 12.6. The number of nitrogens with one attached hydrogen (secondary N) is 1. The van der Waals surface area contributed by atoms with Crippen molar-refractivity contribution in [3.05, 3.63) is 45.5 Å². The van der Waals surface area contributed by atoms with Crippen LogP contribution in [-0.2, 0) is 0 Å². The van der Waals surface area contributed by atoms with Crippen molar-refractivity contribution >= 4 is 22.9 Å². The van der Waals surface area contributed by atoms with Gasteiger partial charge in [0, 0.05) is 36.2 Å². The van der Waals surface area contributed by atoms with E-state index in [0.717, 1.165) is 39.0 Å². The number of carbonyl (C=O) groups excluding carboxylic acids is 1. The fraction of sp³-hybridized carbons (Fsp3) is 0.444. The number of likely N-dealkylation sites (tertiary alicyclic amines) is 1. The number of carbonyl (C=O) groups is 1. The Labute approximate surface area is 156 Å². The molecule has 138 valence electrons. The highest BCUT2D eigenvalue weighted by molar-refractivity contribution is 7.13. The maximum Gasteiger partial charge on any atom is 0.273 e. The Hall–Kier alpha value is -2.32. The number of hydrogen-bond donors (Lipinski definition) is 1. The minimum absolute atomic E-state index is 0.0216. The first-order valence-electron chi connectivity index (χ1n) is 8.78. The van der Waals surface area contributed by atoms with Gasteiger partial charge in [-0.3, -0.25) is 14.9 Å². The SMILES string of the molecule is CCNCC1CCN(C(=O)c2csc(-c3cccc([N+](=O)[O-])c3)n2)CC1. The minimum Gasteiger partial charge on any atom is -0.337 e. The molecule has 1 amide bonds. The molecule has 0 aliphatic carbocycles. The zero-order chi connectivity index (χ0) is 18.5. The lowest BCUT2D eigenvalue weighted by atomic mass is 9.96. The zero-order valence-corrected chi connectivity index (χ0v) is 15.5. The zero-order valence-electron chi connectivity index (χ0n) is 14.7. The molecule has 2 aromatic rings. The van der Waals surface area contributed by atoms with E-state index in [1.165, 1.54) is 23.5 Å². The van der Waals surface area contributed by atoms with Crippen molar-refractivity contribution < 1.29 is 9.72 Å². The second kappa shape index (κ2) is 8.37. The van der Waals surface area contributed by atoms with Crippen LogP contribution in [-0.4, -0.2) is 46.9 Å². The predicted molar refractivity (Wildman–Crippen MR) is 101 cm³/mol. The van der Waals surface area contributed by atoms with E-state index in [1.54, 1.807) is 17.5 Å². The molecule has 0 atom stereocenters. The van der Waals surface area contributed by atoms with Gasteiger partial charge in [-0.25, -0.2) is 4.98 Å². The fourth-order valence-corrected chi connectivity index (χ4v) is 3.90. The summed E-state index contributed by atoms with van der Waals surface area (Å²) in [5.74, 6) is 0.565. The summed E-state index contributed by atoms with van der Waals surface area (Å²) in [7, 11) is 0. The Balaban J connectivity index is 1.65. The first kappa shape index (κ1) is 18.5. The smallest absolute Gasteiger partial charge is 0.273 e. The Morgan fingerprint density at radius 1 is 1.42 bits per heavy atom. The van der Waals surface area contributed by atoms with Crippen molar-refractivity contribution in [3.63, 3.8) is 0 Å². The van der Waals surface area contributed by atoms with Crippen LogP contribution in [0.1, 0.15) is 30.3 Å². The van der Waals surface area contributed by atoms with Crippen molar-refractivity contribution in [2.75, 3.05) is 26.2 Å². The number of nitro groups is 1. The Morgan fingerprint density at radius 3 is 2.88 bits per heavy atom. The fourth-order valence-electron chi connectivity index (χ4n) is 3.11. The summed E-state index contributed by atoms with van der Waals surface area (Å²) in [6.07, 6.45) is 2.00. The molecule has 3 rings (SSSR count). The van der Waals surface area contributed by atoms with Crippen molar-refractivity contribution in [3.8, 4) is 10.6 Å². The van der Waals surface area contributed by atoms with Gasteiger partial charge in [0.25, 0.3) is 11.6 Å². The number of nitro benzene ring substituents is 1. The molecule has 0 unspecified atom stereocenters. The molecule has 1 aromatic heterocycles. The number of amides is 1. The maximum absolute atomic E-state index is 12.7. The number of rotatable bonds is 6. The molecule has 0 saturated carbocycles. The van der Waals surface area contributed by atoms with Crippen molar-refractivity contribution in [2.24, 2.45) is 5.92 Å². The van der Waals surface area contributed by atoms with Crippen LogP contribution in [0.5, 0.6) is 0 Å². The van der Waals surface area contributed by atoms with E-state index in [-0.39, 0.29) is 11.6 Å². The molecule has 1 aromatic carbocycles. The third kappa shape index (κ3) is 4.25. The van der Waals surface area contributed by atoms with Crippen LogP contribution in [0, 0.1) is 16.0 Å². The molecule has 1 aliphatic heterocycles. The van der Waals surface area contributed by atoms with Crippen LogP contribution < -0.4 is 5.32 Å². The van der Waals surface area contributed by atoms with E-state index in [2.05, 4.69) is 17.2 Å². The summed E-state index contributed by atoms with van der Waals surface area (Å²) in [5.41, 5.74) is 1.10. The third-order valence-electron chi connectivity index (χ3n) is 4.61. The van der Waals surface area contributed by atoms with Gasteiger partial charge in [-0.05, 0) is 31.8 Å². The van der Waals surface area contributed by atoms with Gasteiger partial charge in [0.05, 0.1) is 4.92 Å². The number of benzene rings is 1. The molecule has 0 radical (unpaired) electrons. The highest BCUT2D eigenvalue weighted by Gasteiger charge is 2.25. The summed E-state index contributed by atoms with van der Waals surface area (Å²) in [6.45, 7) is 5.57. The van der Waals surface area contributed by atoms with E-state index in [9.17, 15) is 14.9 Å². The molecule has 1 saturated heterocycles. The van der Waals surface area contributed by atoms with Gasteiger partial charge < -0.3 is 10.2 Å². The van der Waals surface area contributed by atoms with Crippen LogP contribution in [0.15, 0.2) is 29.6 Å². The molecule has 0 bridgehead atoms. The van der Waals surface area contributed by atoms with Gasteiger partial charge in [-0.15, -0.1) is 11.3 Å². The van der Waals surface area contributed by atoms with Crippen molar-refractivity contribution in [2.45, 2.75) is 19.8 Å². The van der Waals surface area contributed by atoms with Crippen LogP contribution in [0.25, 0.3) is 10.6 Å². The molecule has 1 N–H and O–H groups in total. The van der Waals surface area contributed by atoms with Crippen LogP contribution in [0.2, 0.25) is 0 Å². The molecular formula is C18H22N4O3S. The first-order valence-corrected chi connectivity index (χ1v) is 9.66. The minimum atomic E-state index is -0.430. The Kier molecular flexibility index (Phi) is 5.95. The van der Waals surface area contributed by atoms with E-state index in [4.69, 9.17) is 0 Å². The maximum atomic E-state index is 12.7. The number of non-ortho nitro benzene ring substituents is 1. The number of hydrogen-bond acceptors (Lipinski definition) is 6. The summed E-state index contributed by atoms with van der Waals surface area (Å²) >= 11 is 1.34. The molecule has 2 heterocycles. The highest BCUT2D eigenvalue weighted by Crippen LogP contribution is 2.28. The Bertz CT molecular complexity index is 784. The second-order valence-corrected chi connectivity index (χ2v) is 7.25. The van der Waals surface area contributed by atoms with Gasteiger partial charge >= 0.3 is 0 Å². The lowest BCUT2D eigenvalue weighted by Gasteiger charge is -2.31. The van der Waals surface area contributed by atoms with Gasteiger partial charge in [-0.2, -0.15) is 0 Å². The standard InChI is InChI=1S/C18H22N4O3S/c1-2-19-11-13-6-8-21(9-7-13)18(23)16-12-26-17(20-16)14-4-3-5-15(10-14)22(24)25/h3-5,10,12-13,19H,2,6-9,11H2,1H3. The predicted octanol–water partition coefficient (Wildman–Crippen LogP) is 3.18. The molecule has 1 fully saturated rings. The van der Waals surface area contributed by atoms with E-state index in [1.807, 2.05) is 4.90 Å². The lowest BCUT2D eigenvalue weighted by Crippen LogP contribution is -2.40. The molecule has 8 heteroatoms. The van der Waals surface area contributed by atoms with Gasteiger partial charge in [0.2, 0.25) is 0 Å². The third-order valence-corrected chi connectivity index (χ3v) is 5.50. The van der Waals surface area contributed by atoms with Gasteiger partial charge in [-0.1, -0.05) is 19.1 Å². The Morgan fingerprint density at radius 2 is 2.19 bits per heavy atom. The second-order valence-electron chi connectivity index (χ2n) is 6.39. The molecule has 7 nitrogen and oxygen atoms in total. The molecule has 26 heavy (non-hydrogen) atoms. The molecule has 0 spiro atoms. The average molecular weight is 374 g/mol.